The number of carbonyl (C=O) groups excluding carboxylic acids is 1. The Balaban J connectivity index is 1.68. The lowest BCUT2D eigenvalue weighted by molar-refractivity contribution is -0.118. The van der Waals surface area contributed by atoms with E-state index in [1.807, 2.05) is 42.5 Å². The summed E-state index contributed by atoms with van der Waals surface area (Å²) >= 11 is 5.07. The van der Waals surface area contributed by atoms with Crippen LogP contribution in [0.3, 0.4) is 0 Å². The van der Waals surface area contributed by atoms with Gasteiger partial charge in [0.15, 0.2) is 0 Å². The van der Waals surface area contributed by atoms with E-state index in [1.54, 1.807) is 11.8 Å². The molecule has 1 N–H and O–H groups in total. The highest BCUT2D eigenvalue weighted by molar-refractivity contribution is 9.10. The summed E-state index contributed by atoms with van der Waals surface area (Å²) in [5.41, 5.74) is 2.35. The normalized spacial score (nSPS) is 10.2. The molecule has 0 saturated heterocycles. The Bertz CT molecular complexity index is 559. The van der Waals surface area contributed by atoms with Crippen molar-refractivity contribution in [2.24, 2.45) is 0 Å². The zero-order chi connectivity index (χ0) is 14.2. The number of nitrogens with one attached hydrogen (secondary N) is 1. The van der Waals surface area contributed by atoms with Crippen molar-refractivity contribution >= 4 is 33.6 Å². The summed E-state index contributed by atoms with van der Waals surface area (Å²) in [5, 5.41) is 2.93. The van der Waals surface area contributed by atoms with Gasteiger partial charge in [0.2, 0.25) is 5.91 Å². The standard InChI is InChI=1S/C16H16BrNOS/c17-15-8-4-7-14(9-15)11-20-12-16(19)18-10-13-5-2-1-3-6-13/h1-9H,10-12H2,(H,18,19). The molecule has 2 aromatic rings. The van der Waals surface area contributed by atoms with Crippen molar-refractivity contribution < 1.29 is 4.79 Å². The third-order valence-corrected chi connectivity index (χ3v) is 4.22. The van der Waals surface area contributed by atoms with Crippen molar-refractivity contribution in [2.45, 2.75) is 12.3 Å². The summed E-state index contributed by atoms with van der Waals surface area (Å²) in [5.74, 6) is 1.41. The van der Waals surface area contributed by atoms with E-state index in [9.17, 15) is 4.79 Å². The average molecular weight is 350 g/mol. The van der Waals surface area contributed by atoms with Crippen LogP contribution < -0.4 is 5.32 Å². The fraction of sp³-hybridized carbons (Fsp3) is 0.188. The largest absolute Gasteiger partial charge is 0.351 e. The van der Waals surface area contributed by atoms with Gasteiger partial charge in [-0.3, -0.25) is 4.79 Å². The van der Waals surface area contributed by atoms with Gasteiger partial charge >= 0.3 is 0 Å². The molecule has 1 amide bonds. The molecular weight excluding hydrogens is 334 g/mol. The first kappa shape index (κ1) is 15.1. The molecule has 2 rings (SSSR count). The van der Waals surface area contributed by atoms with Crippen molar-refractivity contribution in [3.05, 3.63) is 70.2 Å². The molecule has 4 heteroatoms. The maximum atomic E-state index is 11.7. The second-order valence-electron chi connectivity index (χ2n) is 4.39. The van der Waals surface area contributed by atoms with Crippen LogP contribution in [-0.2, 0) is 17.1 Å². The zero-order valence-corrected chi connectivity index (χ0v) is 13.4. The van der Waals surface area contributed by atoms with Crippen molar-refractivity contribution in [2.75, 3.05) is 5.75 Å². The summed E-state index contributed by atoms with van der Waals surface area (Å²) in [6, 6.07) is 18.1. The lowest BCUT2D eigenvalue weighted by atomic mass is 10.2. The molecule has 20 heavy (non-hydrogen) atoms. The van der Waals surface area contributed by atoms with Crippen molar-refractivity contribution in [1.82, 2.24) is 5.32 Å². The Morgan fingerprint density at radius 1 is 1.05 bits per heavy atom. The predicted octanol–water partition coefficient (Wildman–Crippen LogP) is 4.00. The Hall–Kier alpha value is -1.26. The van der Waals surface area contributed by atoms with E-state index in [1.165, 1.54) is 5.56 Å². The molecule has 0 unspecified atom stereocenters. The Kier molecular flexibility index (Phi) is 6.15. The molecule has 0 heterocycles. The maximum Gasteiger partial charge on any atom is 0.230 e. The van der Waals surface area contributed by atoms with Gasteiger partial charge in [-0.1, -0.05) is 58.4 Å². The number of thioether (sulfide) groups is 1. The molecule has 0 fully saturated rings. The smallest absolute Gasteiger partial charge is 0.230 e. The van der Waals surface area contributed by atoms with E-state index in [0.717, 1.165) is 15.8 Å². The van der Waals surface area contributed by atoms with Crippen LogP contribution in [-0.4, -0.2) is 11.7 Å². The third kappa shape index (κ3) is 5.39. The molecule has 0 atom stereocenters. The monoisotopic (exact) mass is 349 g/mol. The van der Waals surface area contributed by atoms with E-state index >= 15 is 0 Å². The van der Waals surface area contributed by atoms with Crippen LogP contribution in [0, 0.1) is 0 Å². The highest BCUT2D eigenvalue weighted by Crippen LogP contribution is 2.16. The van der Waals surface area contributed by atoms with E-state index in [0.29, 0.717) is 12.3 Å². The van der Waals surface area contributed by atoms with Gasteiger partial charge in [-0.25, -0.2) is 0 Å². The van der Waals surface area contributed by atoms with Crippen LogP contribution in [0.15, 0.2) is 59.1 Å². The molecule has 0 radical (unpaired) electrons. The van der Waals surface area contributed by atoms with Crippen LogP contribution >= 0.6 is 27.7 Å². The van der Waals surface area contributed by atoms with Gasteiger partial charge in [-0.2, -0.15) is 0 Å². The fourth-order valence-electron chi connectivity index (χ4n) is 1.74. The van der Waals surface area contributed by atoms with Crippen LogP contribution in [0.2, 0.25) is 0 Å². The van der Waals surface area contributed by atoms with Crippen molar-refractivity contribution in [3.63, 3.8) is 0 Å². The Morgan fingerprint density at radius 2 is 1.80 bits per heavy atom. The van der Waals surface area contributed by atoms with Gasteiger partial charge in [-0.15, -0.1) is 11.8 Å². The summed E-state index contributed by atoms with van der Waals surface area (Å²) in [7, 11) is 0. The Labute approximate surface area is 132 Å². The first-order valence-corrected chi connectivity index (χ1v) is 8.31. The van der Waals surface area contributed by atoms with E-state index < -0.39 is 0 Å². The maximum absolute atomic E-state index is 11.7. The second kappa shape index (κ2) is 8.12. The number of hydrogen-bond donors (Lipinski definition) is 1. The molecule has 0 aliphatic carbocycles. The lowest BCUT2D eigenvalue weighted by Crippen LogP contribution is -2.24. The number of amides is 1. The van der Waals surface area contributed by atoms with Gasteiger partial charge in [0.1, 0.15) is 0 Å². The van der Waals surface area contributed by atoms with E-state index in [-0.39, 0.29) is 5.91 Å². The lowest BCUT2D eigenvalue weighted by Gasteiger charge is -2.05. The van der Waals surface area contributed by atoms with Crippen molar-refractivity contribution in [3.8, 4) is 0 Å². The van der Waals surface area contributed by atoms with Gasteiger partial charge < -0.3 is 5.32 Å². The first-order chi connectivity index (χ1) is 9.74. The number of carbonyl (C=O) groups is 1. The van der Waals surface area contributed by atoms with Crippen LogP contribution in [0.25, 0.3) is 0 Å². The molecule has 0 aliphatic rings. The fourth-order valence-corrected chi connectivity index (χ4v) is 2.99. The Morgan fingerprint density at radius 3 is 2.55 bits per heavy atom. The summed E-state index contributed by atoms with van der Waals surface area (Å²) in [6.45, 7) is 0.594. The van der Waals surface area contributed by atoms with Crippen LogP contribution in [0.5, 0.6) is 0 Å². The number of benzene rings is 2. The third-order valence-electron chi connectivity index (χ3n) is 2.72. The molecule has 2 nitrogen and oxygen atoms in total. The number of hydrogen-bond acceptors (Lipinski definition) is 2. The highest BCUT2D eigenvalue weighted by atomic mass is 79.9. The van der Waals surface area contributed by atoms with Gasteiger partial charge in [0.05, 0.1) is 5.75 Å². The summed E-state index contributed by atoms with van der Waals surface area (Å²) < 4.78 is 1.07. The van der Waals surface area contributed by atoms with E-state index in [2.05, 4.69) is 33.4 Å². The molecule has 0 aromatic heterocycles. The minimum atomic E-state index is 0.0776. The van der Waals surface area contributed by atoms with Gasteiger partial charge in [0.25, 0.3) is 0 Å². The zero-order valence-electron chi connectivity index (χ0n) is 11.0. The number of rotatable bonds is 6. The average Bonchev–Trinajstić information content (AvgIpc) is 2.46. The van der Waals surface area contributed by atoms with Crippen LogP contribution in [0.4, 0.5) is 0 Å². The quantitative estimate of drug-likeness (QED) is 0.853. The van der Waals surface area contributed by atoms with Crippen LogP contribution in [0.1, 0.15) is 11.1 Å². The highest BCUT2D eigenvalue weighted by Gasteiger charge is 2.02. The summed E-state index contributed by atoms with van der Waals surface area (Å²) in [4.78, 5) is 11.7. The molecule has 0 aliphatic heterocycles. The SMILES string of the molecule is O=C(CSCc1cccc(Br)c1)NCc1ccccc1. The van der Waals surface area contributed by atoms with Gasteiger partial charge in [0, 0.05) is 16.8 Å². The molecule has 0 bridgehead atoms. The number of halogens is 1. The second-order valence-corrected chi connectivity index (χ2v) is 6.29. The minimum absolute atomic E-state index is 0.0776. The molecule has 104 valence electrons. The molecule has 2 aromatic carbocycles. The van der Waals surface area contributed by atoms with Crippen molar-refractivity contribution in [1.29, 1.82) is 0 Å². The van der Waals surface area contributed by atoms with Gasteiger partial charge in [-0.05, 0) is 23.3 Å². The topological polar surface area (TPSA) is 29.1 Å². The van der Waals surface area contributed by atoms with E-state index in [4.69, 9.17) is 0 Å². The predicted molar refractivity (Wildman–Crippen MR) is 88.6 cm³/mol. The molecular formula is C16H16BrNOS. The minimum Gasteiger partial charge on any atom is -0.351 e. The first-order valence-electron chi connectivity index (χ1n) is 6.37. The molecule has 0 saturated carbocycles. The molecule has 0 spiro atoms. The summed E-state index contributed by atoms with van der Waals surface area (Å²) in [6.07, 6.45) is 0.